The van der Waals surface area contributed by atoms with E-state index in [1.807, 2.05) is 0 Å². The second-order valence-electron chi connectivity index (χ2n) is 6.90. The van der Waals surface area contributed by atoms with Gasteiger partial charge in [0, 0.05) is 39.9 Å². The first kappa shape index (κ1) is 22.2. The molecule has 0 aliphatic heterocycles. The van der Waals surface area contributed by atoms with E-state index < -0.39 is 0 Å². The lowest BCUT2D eigenvalue weighted by Crippen LogP contribution is -2.39. The number of aryl methyl sites for hydroxylation is 1. The van der Waals surface area contributed by atoms with Gasteiger partial charge in [-0.2, -0.15) is 0 Å². The van der Waals surface area contributed by atoms with Crippen molar-refractivity contribution in [3.05, 3.63) is 35.4 Å². The lowest BCUT2D eigenvalue weighted by Gasteiger charge is -2.24. The average molecular weight is 459 g/mol. The fourth-order valence-corrected chi connectivity index (χ4v) is 2.93. The van der Waals surface area contributed by atoms with Gasteiger partial charge in [0.25, 0.3) is 0 Å². The average Bonchev–Trinajstić information content (AvgIpc) is 3.34. The number of hydrogen-bond donors (Lipinski definition) is 1. The van der Waals surface area contributed by atoms with Gasteiger partial charge in [0.1, 0.15) is 0 Å². The molecule has 0 aromatic heterocycles. The molecule has 0 bridgehead atoms. The SMILES string of the molecule is CCNC(=NCC1(CCOCC)CC1)N(C)Cc1ccccc1C.I. The summed E-state index contributed by atoms with van der Waals surface area (Å²) < 4.78 is 5.53. The molecule has 1 aliphatic rings. The molecule has 25 heavy (non-hydrogen) atoms. The fraction of sp³-hybridized carbons (Fsp3) is 0.650. The molecule has 0 spiro atoms. The van der Waals surface area contributed by atoms with Crippen molar-refractivity contribution in [3.63, 3.8) is 0 Å². The number of guanidine groups is 1. The second kappa shape index (κ2) is 11.0. The van der Waals surface area contributed by atoms with E-state index in [-0.39, 0.29) is 24.0 Å². The molecule has 1 aromatic carbocycles. The van der Waals surface area contributed by atoms with Crippen molar-refractivity contribution in [2.45, 2.75) is 46.6 Å². The van der Waals surface area contributed by atoms with Gasteiger partial charge in [-0.3, -0.25) is 4.99 Å². The molecule has 1 fully saturated rings. The van der Waals surface area contributed by atoms with Crippen LogP contribution in [-0.2, 0) is 11.3 Å². The highest BCUT2D eigenvalue weighted by Crippen LogP contribution is 2.49. The maximum absolute atomic E-state index is 5.53. The third kappa shape index (κ3) is 7.13. The molecule has 1 aromatic rings. The van der Waals surface area contributed by atoms with Crippen LogP contribution in [0.3, 0.4) is 0 Å². The van der Waals surface area contributed by atoms with Crippen LogP contribution in [0.15, 0.2) is 29.3 Å². The lowest BCUT2D eigenvalue weighted by atomic mass is 10.0. The second-order valence-corrected chi connectivity index (χ2v) is 6.90. The van der Waals surface area contributed by atoms with Gasteiger partial charge >= 0.3 is 0 Å². The van der Waals surface area contributed by atoms with Crippen LogP contribution >= 0.6 is 24.0 Å². The van der Waals surface area contributed by atoms with E-state index >= 15 is 0 Å². The van der Waals surface area contributed by atoms with Crippen molar-refractivity contribution in [2.75, 3.05) is 33.4 Å². The highest BCUT2D eigenvalue weighted by Gasteiger charge is 2.42. The summed E-state index contributed by atoms with van der Waals surface area (Å²) in [6.07, 6.45) is 3.69. The first-order valence-electron chi connectivity index (χ1n) is 9.22. The number of nitrogens with zero attached hydrogens (tertiary/aromatic N) is 2. The number of rotatable bonds is 9. The molecule has 4 nitrogen and oxygen atoms in total. The first-order chi connectivity index (χ1) is 11.6. The van der Waals surface area contributed by atoms with E-state index in [1.165, 1.54) is 24.0 Å². The van der Waals surface area contributed by atoms with Crippen LogP contribution in [0.2, 0.25) is 0 Å². The van der Waals surface area contributed by atoms with Gasteiger partial charge in [-0.25, -0.2) is 0 Å². The van der Waals surface area contributed by atoms with E-state index in [4.69, 9.17) is 9.73 Å². The summed E-state index contributed by atoms with van der Waals surface area (Å²) in [5, 5.41) is 3.43. The van der Waals surface area contributed by atoms with Gasteiger partial charge in [0.05, 0.1) is 0 Å². The Morgan fingerprint density at radius 3 is 2.60 bits per heavy atom. The molecule has 1 saturated carbocycles. The molecule has 0 unspecified atom stereocenters. The maximum Gasteiger partial charge on any atom is 0.193 e. The summed E-state index contributed by atoms with van der Waals surface area (Å²) >= 11 is 0. The first-order valence-corrected chi connectivity index (χ1v) is 9.22. The van der Waals surface area contributed by atoms with Crippen LogP contribution in [0.5, 0.6) is 0 Å². The molecule has 1 aliphatic carbocycles. The molecule has 0 atom stereocenters. The van der Waals surface area contributed by atoms with Gasteiger partial charge in [0.15, 0.2) is 5.96 Å². The summed E-state index contributed by atoms with van der Waals surface area (Å²) in [6.45, 7) is 10.7. The molecule has 5 heteroatoms. The van der Waals surface area contributed by atoms with Gasteiger partial charge in [-0.1, -0.05) is 24.3 Å². The molecule has 0 saturated heterocycles. The van der Waals surface area contributed by atoms with Crippen molar-refractivity contribution < 1.29 is 4.74 Å². The Labute approximate surface area is 170 Å². The lowest BCUT2D eigenvalue weighted by molar-refractivity contribution is 0.129. The van der Waals surface area contributed by atoms with Crippen LogP contribution < -0.4 is 5.32 Å². The number of benzene rings is 1. The number of aliphatic imine (C=N–C) groups is 1. The Bertz CT molecular complexity index is 543. The summed E-state index contributed by atoms with van der Waals surface area (Å²) in [4.78, 5) is 7.15. The van der Waals surface area contributed by atoms with Crippen molar-refractivity contribution in [1.82, 2.24) is 10.2 Å². The Morgan fingerprint density at radius 1 is 1.28 bits per heavy atom. The maximum atomic E-state index is 5.53. The van der Waals surface area contributed by atoms with Crippen molar-refractivity contribution >= 4 is 29.9 Å². The van der Waals surface area contributed by atoms with Crippen LogP contribution in [0.4, 0.5) is 0 Å². The van der Waals surface area contributed by atoms with Gasteiger partial charge in [-0.05, 0) is 56.6 Å². The number of halogens is 1. The van der Waals surface area contributed by atoms with Crippen LogP contribution in [0.1, 0.15) is 44.2 Å². The smallest absolute Gasteiger partial charge is 0.193 e. The zero-order chi connectivity index (χ0) is 17.4. The highest BCUT2D eigenvalue weighted by atomic mass is 127. The summed E-state index contributed by atoms with van der Waals surface area (Å²) in [6, 6.07) is 8.56. The van der Waals surface area contributed by atoms with Crippen molar-refractivity contribution in [1.29, 1.82) is 0 Å². The quantitative estimate of drug-likeness (QED) is 0.260. The number of hydrogen-bond acceptors (Lipinski definition) is 2. The zero-order valence-electron chi connectivity index (χ0n) is 16.2. The predicted molar refractivity (Wildman–Crippen MR) is 117 cm³/mol. The molecular formula is C20H34IN3O. The van der Waals surface area contributed by atoms with E-state index in [2.05, 4.69) is 62.3 Å². The highest BCUT2D eigenvalue weighted by molar-refractivity contribution is 14.0. The topological polar surface area (TPSA) is 36.9 Å². The normalized spacial score (nSPS) is 15.4. The summed E-state index contributed by atoms with van der Waals surface area (Å²) in [5.41, 5.74) is 3.07. The Balaban J connectivity index is 0.00000312. The van der Waals surface area contributed by atoms with Crippen molar-refractivity contribution in [3.8, 4) is 0 Å². The summed E-state index contributed by atoms with van der Waals surface area (Å²) in [5.74, 6) is 1.00. The van der Waals surface area contributed by atoms with E-state index in [9.17, 15) is 0 Å². The minimum Gasteiger partial charge on any atom is -0.382 e. The molecule has 0 heterocycles. The molecule has 1 N–H and O–H groups in total. The molecular weight excluding hydrogens is 425 g/mol. The van der Waals surface area contributed by atoms with Crippen LogP contribution in [0, 0.1) is 12.3 Å². The number of nitrogens with one attached hydrogen (secondary N) is 1. The largest absolute Gasteiger partial charge is 0.382 e. The monoisotopic (exact) mass is 459 g/mol. The minimum absolute atomic E-state index is 0. The van der Waals surface area contributed by atoms with Crippen LogP contribution in [-0.4, -0.2) is 44.2 Å². The van der Waals surface area contributed by atoms with Crippen molar-refractivity contribution in [2.24, 2.45) is 10.4 Å². The van der Waals surface area contributed by atoms with E-state index in [1.54, 1.807) is 0 Å². The molecule has 0 amide bonds. The van der Waals surface area contributed by atoms with E-state index in [0.717, 1.165) is 45.2 Å². The Morgan fingerprint density at radius 2 is 2.00 bits per heavy atom. The molecule has 2 rings (SSSR count). The standard InChI is InChI=1S/C20H33N3O.HI/c1-5-21-19(22-16-20(11-12-20)13-14-24-6-2)23(4)15-18-10-8-7-9-17(18)3;/h7-10H,5-6,11-16H2,1-4H3,(H,21,22);1H. The van der Waals surface area contributed by atoms with Gasteiger partial charge in [0.2, 0.25) is 0 Å². The van der Waals surface area contributed by atoms with Gasteiger partial charge < -0.3 is 15.0 Å². The molecule has 142 valence electrons. The third-order valence-electron chi connectivity index (χ3n) is 4.87. The Hall–Kier alpha value is -0.820. The molecule has 0 radical (unpaired) electrons. The van der Waals surface area contributed by atoms with Crippen LogP contribution in [0.25, 0.3) is 0 Å². The van der Waals surface area contributed by atoms with Gasteiger partial charge in [-0.15, -0.1) is 24.0 Å². The minimum atomic E-state index is 0. The Kier molecular flexibility index (Phi) is 9.79. The van der Waals surface area contributed by atoms with E-state index in [0.29, 0.717) is 5.41 Å². The fourth-order valence-electron chi connectivity index (χ4n) is 2.93. The predicted octanol–water partition coefficient (Wildman–Crippen LogP) is 4.22. The number of ether oxygens (including phenoxy) is 1. The summed E-state index contributed by atoms with van der Waals surface area (Å²) in [7, 11) is 2.12. The zero-order valence-corrected chi connectivity index (χ0v) is 18.5. The third-order valence-corrected chi connectivity index (χ3v) is 4.87.